The molecule has 0 unspecified atom stereocenters. The summed E-state index contributed by atoms with van der Waals surface area (Å²) in [6, 6.07) is 9.65. The lowest BCUT2D eigenvalue weighted by Crippen LogP contribution is -2.46. The quantitative estimate of drug-likeness (QED) is 0.583. The van der Waals surface area contributed by atoms with Crippen LogP contribution in [-0.4, -0.2) is 31.1 Å². The highest BCUT2D eigenvalue weighted by Gasteiger charge is 2.20. The van der Waals surface area contributed by atoms with Crippen molar-refractivity contribution in [1.29, 1.82) is 0 Å². The van der Waals surface area contributed by atoms with E-state index in [1.54, 1.807) is 18.2 Å². The van der Waals surface area contributed by atoms with Crippen LogP contribution in [-0.2, 0) is 12.4 Å². The van der Waals surface area contributed by atoms with Crippen LogP contribution in [0.15, 0.2) is 36.4 Å². The molecule has 0 bridgehead atoms. The summed E-state index contributed by atoms with van der Waals surface area (Å²) in [6.45, 7) is 10.2. The average Bonchev–Trinajstić information content (AvgIpc) is 2.64. The molecular formula is C19H18ClF2N3. The Kier molecular flexibility index (Phi) is 5.52. The Hall–Kier alpha value is -2.16. The fourth-order valence-corrected chi connectivity index (χ4v) is 3.18. The molecule has 130 valence electrons. The van der Waals surface area contributed by atoms with E-state index in [2.05, 4.69) is 9.74 Å². The standard InChI is InChI=1S/C19H18ClF2N3/c1-23-16-4-5-19(18(22)11-16)25-8-6-24(7-9-25)13-15-3-2-14(12-20)10-17(15)21/h2-5,10-11H,6-9,12-13H2. The van der Waals surface area contributed by atoms with Gasteiger partial charge in [-0.25, -0.2) is 13.6 Å². The highest BCUT2D eigenvalue weighted by Crippen LogP contribution is 2.25. The first-order chi connectivity index (χ1) is 12.1. The number of benzene rings is 2. The summed E-state index contributed by atoms with van der Waals surface area (Å²) in [7, 11) is 0. The third-order valence-electron chi connectivity index (χ3n) is 4.44. The van der Waals surface area contributed by atoms with Gasteiger partial charge in [0.05, 0.1) is 12.3 Å². The normalized spacial score (nSPS) is 15.2. The molecule has 2 aromatic rings. The SMILES string of the molecule is [C-]#[N+]c1ccc(N2CCN(Cc3ccc(CCl)cc3F)CC2)c(F)c1. The van der Waals surface area contributed by atoms with E-state index in [4.69, 9.17) is 18.2 Å². The zero-order valence-corrected chi connectivity index (χ0v) is 14.4. The summed E-state index contributed by atoms with van der Waals surface area (Å²) in [5, 5.41) is 0. The molecule has 1 heterocycles. The Labute approximate surface area is 151 Å². The lowest BCUT2D eigenvalue weighted by Gasteiger charge is -2.36. The summed E-state index contributed by atoms with van der Waals surface area (Å²) in [4.78, 5) is 7.35. The molecular weight excluding hydrogens is 344 g/mol. The van der Waals surface area contributed by atoms with Gasteiger partial charge in [0, 0.05) is 44.2 Å². The van der Waals surface area contributed by atoms with Gasteiger partial charge in [-0.15, -0.1) is 11.6 Å². The molecule has 1 aliphatic heterocycles. The van der Waals surface area contributed by atoms with Crippen molar-refractivity contribution in [2.45, 2.75) is 12.4 Å². The molecule has 0 N–H and O–H groups in total. The number of anilines is 1. The predicted molar refractivity (Wildman–Crippen MR) is 96.1 cm³/mol. The van der Waals surface area contributed by atoms with Crippen molar-refractivity contribution in [3.8, 4) is 0 Å². The van der Waals surface area contributed by atoms with Gasteiger partial charge in [0.2, 0.25) is 0 Å². The van der Waals surface area contributed by atoms with Crippen LogP contribution < -0.4 is 4.90 Å². The summed E-state index contributed by atoms with van der Waals surface area (Å²) >= 11 is 5.72. The number of rotatable bonds is 4. The van der Waals surface area contributed by atoms with Crippen molar-refractivity contribution in [3.63, 3.8) is 0 Å². The van der Waals surface area contributed by atoms with Crippen LogP contribution >= 0.6 is 11.6 Å². The minimum absolute atomic E-state index is 0.235. The molecule has 0 aromatic heterocycles. The van der Waals surface area contributed by atoms with Crippen molar-refractivity contribution < 1.29 is 8.78 Å². The van der Waals surface area contributed by atoms with Crippen molar-refractivity contribution in [2.75, 3.05) is 31.1 Å². The second-order valence-electron chi connectivity index (χ2n) is 6.07. The van der Waals surface area contributed by atoms with Crippen molar-refractivity contribution in [1.82, 2.24) is 4.90 Å². The zero-order valence-electron chi connectivity index (χ0n) is 13.7. The minimum atomic E-state index is -0.371. The summed E-state index contributed by atoms with van der Waals surface area (Å²) in [5.41, 5.74) is 2.24. The monoisotopic (exact) mass is 361 g/mol. The number of hydrogen-bond acceptors (Lipinski definition) is 2. The van der Waals surface area contributed by atoms with Crippen LogP contribution in [0.3, 0.4) is 0 Å². The van der Waals surface area contributed by atoms with Crippen LogP contribution in [0.1, 0.15) is 11.1 Å². The molecule has 0 saturated carbocycles. The van der Waals surface area contributed by atoms with Crippen LogP contribution in [0.4, 0.5) is 20.2 Å². The second kappa shape index (κ2) is 7.81. The smallest absolute Gasteiger partial charge is 0.190 e. The lowest BCUT2D eigenvalue weighted by molar-refractivity contribution is 0.246. The Morgan fingerprint density at radius 3 is 2.36 bits per heavy atom. The highest BCUT2D eigenvalue weighted by atomic mass is 35.5. The number of alkyl halides is 1. The van der Waals surface area contributed by atoms with Gasteiger partial charge in [0.15, 0.2) is 5.69 Å². The molecule has 3 rings (SSSR count). The number of piperazine rings is 1. The second-order valence-corrected chi connectivity index (χ2v) is 6.34. The van der Waals surface area contributed by atoms with E-state index >= 15 is 0 Å². The molecule has 0 aliphatic carbocycles. The third-order valence-corrected chi connectivity index (χ3v) is 4.75. The maximum Gasteiger partial charge on any atom is 0.190 e. The van der Waals surface area contributed by atoms with Gasteiger partial charge in [0.25, 0.3) is 0 Å². The largest absolute Gasteiger partial charge is 0.367 e. The van der Waals surface area contributed by atoms with Crippen LogP contribution in [0.2, 0.25) is 0 Å². The van der Waals surface area contributed by atoms with Gasteiger partial charge in [0.1, 0.15) is 11.6 Å². The molecule has 1 saturated heterocycles. The maximum atomic E-state index is 14.1. The molecule has 1 aliphatic rings. The maximum absolute atomic E-state index is 14.1. The van der Waals surface area contributed by atoms with E-state index in [9.17, 15) is 8.78 Å². The van der Waals surface area contributed by atoms with Gasteiger partial charge in [-0.3, -0.25) is 4.90 Å². The molecule has 1 fully saturated rings. The van der Waals surface area contributed by atoms with Crippen molar-refractivity contribution in [2.24, 2.45) is 0 Å². The molecule has 0 spiro atoms. The van der Waals surface area contributed by atoms with E-state index in [1.165, 1.54) is 12.1 Å². The van der Waals surface area contributed by atoms with Crippen LogP contribution in [0.5, 0.6) is 0 Å². The predicted octanol–water partition coefficient (Wildman–Crippen LogP) is 4.58. The fraction of sp³-hybridized carbons (Fsp3) is 0.316. The lowest BCUT2D eigenvalue weighted by atomic mass is 10.1. The number of halogens is 3. The van der Waals surface area contributed by atoms with Gasteiger partial charge in [-0.1, -0.05) is 18.2 Å². The van der Waals surface area contributed by atoms with E-state index < -0.39 is 0 Å². The first kappa shape index (κ1) is 17.7. The van der Waals surface area contributed by atoms with Crippen molar-refractivity contribution in [3.05, 3.63) is 70.6 Å². The molecule has 25 heavy (non-hydrogen) atoms. The van der Waals surface area contributed by atoms with E-state index in [1.807, 2.05) is 11.0 Å². The van der Waals surface area contributed by atoms with E-state index in [0.717, 1.165) is 18.7 Å². The van der Waals surface area contributed by atoms with E-state index in [0.29, 0.717) is 42.5 Å². The Morgan fingerprint density at radius 2 is 1.76 bits per heavy atom. The topological polar surface area (TPSA) is 10.8 Å². The summed E-state index contributed by atoms with van der Waals surface area (Å²) < 4.78 is 28.2. The molecule has 0 radical (unpaired) electrons. The minimum Gasteiger partial charge on any atom is -0.367 e. The molecule has 0 atom stereocenters. The Bertz CT molecular complexity index is 796. The van der Waals surface area contributed by atoms with Gasteiger partial charge in [-0.2, -0.15) is 0 Å². The van der Waals surface area contributed by atoms with Crippen LogP contribution in [0.25, 0.3) is 4.85 Å². The number of hydrogen-bond donors (Lipinski definition) is 0. The van der Waals surface area contributed by atoms with Gasteiger partial charge < -0.3 is 4.90 Å². The fourth-order valence-electron chi connectivity index (χ4n) is 3.01. The van der Waals surface area contributed by atoms with E-state index in [-0.39, 0.29) is 11.6 Å². The van der Waals surface area contributed by atoms with Gasteiger partial charge in [-0.05, 0) is 23.8 Å². The summed E-state index contributed by atoms with van der Waals surface area (Å²) in [5.74, 6) is -0.306. The molecule has 2 aromatic carbocycles. The average molecular weight is 362 g/mol. The Balaban J connectivity index is 1.61. The first-order valence-corrected chi connectivity index (χ1v) is 8.61. The van der Waals surface area contributed by atoms with Crippen molar-refractivity contribution >= 4 is 23.0 Å². The van der Waals surface area contributed by atoms with Gasteiger partial charge >= 0.3 is 0 Å². The molecule has 3 nitrogen and oxygen atoms in total. The molecule has 6 heteroatoms. The zero-order chi connectivity index (χ0) is 17.8. The first-order valence-electron chi connectivity index (χ1n) is 8.08. The summed E-state index contributed by atoms with van der Waals surface area (Å²) in [6.07, 6.45) is 0. The molecule has 0 amide bonds. The highest BCUT2D eigenvalue weighted by molar-refractivity contribution is 6.17. The third kappa shape index (κ3) is 4.09. The van der Waals surface area contributed by atoms with Crippen LogP contribution in [0, 0.1) is 18.2 Å². The Morgan fingerprint density at radius 1 is 1.00 bits per heavy atom. The number of nitrogens with zero attached hydrogens (tertiary/aromatic N) is 3.